The molecule has 3 rings (SSSR count). The lowest BCUT2D eigenvalue weighted by Crippen LogP contribution is -2.49. The summed E-state index contributed by atoms with van der Waals surface area (Å²) < 4.78 is 5.34. The van der Waals surface area contributed by atoms with Crippen LogP contribution in [0.4, 0.5) is 0 Å². The van der Waals surface area contributed by atoms with Crippen molar-refractivity contribution in [3.8, 4) is 0 Å². The van der Waals surface area contributed by atoms with Gasteiger partial charge in [-0.05, 0) is 12.5 Å². The van der Waals surface area contributed by atoms with E-state index in [0.717, 1.165) is 32.0 Å². The minimum atomic E-state index is 0.514. The third-order valence-electron chi connectivity index (χ3n) is 3.69. The Morgan fingerprint density at radius 2 is 2.20 bits per heavy atom. The molecule has 0 saturated carbocycles. The lowest BCUT2D eigenvalue weighted by molar-refractivity contribution is 0.160. The first-order valence-corrected chi connectivity index (χ1v) is 7.11. The third kappa shape index (κ3) is 3.23. The number of rotatable bonds is 4. The van der Waals surface area contributed by atoms with Crippen LogP contribution in [0.25, 0.3) is 0 Å². The summed E-state index contributed by atoms with van der Waals surface area (Å²) in [6.07, 6.45) is 0.699. The SMILES string of the molecule is C[C@H]1CNCCN1Cc1noc(Cc2ccccc2)n1. The normalized spacial score (nSPS) is 20.1. The Bertz CT molecular complexity index is 540. The van der Waals surface area contributed by atoms with E-state index in [1.807, 2.05) is 18.2 Å². The molecule has 5 nitrogen and oxygen atoms in total. The van der Waals surface area contributed by atoms with Crippen molar-refractivity contribution in [3.05, 3.63) is 47.6 Å². The largest absolute Gasteiger partial charge is 0.339 e. The third-order valence-corrected chi connectivity index (χ3v) is 3.69. The van der Waals surface area contributed by atoms with Crippen molar-refractivity contribution in [2.24, 2.45) is 0 Å². The van der Waals surface area contributed by atoms with Crippen molar-refractivity contribution in [2.45, 2.75) is 25.9 Å². The number of benzene rings is 1. The van der Waals surface area contributed by atoms with Gasteiger partial charge in [-0.1, -0.05) is 35.5 Å². The van der Waals surface area contributed by atoms with Crippen molar-refractivity contribution < 1.29 is 4.52 Å². The second-order valence-electron chi connectivity index (χ2n) is 5.29. The van der Waals surface area contributed by atoms with Crippen LogP contribution >= 0.6 is 0 Å². The molecule has 1 atom stereocenters. The van der Waals surface area contributed by atoms with Gasteiger partial charge in [0.25, 0.3) is 0 Å². The van der Waals surface area contributed by atoms with Gasteiger partial charge in [-0.2, -0.15) is 4.98 Å². The fraction of sp³-hybridized carbons (Fsp3) is 0.467. The van der Waals surface area contributed by atoms with Crippen LogP contribution in [0.15, 0.2) is 34.9 Å². The van der Waals surface area contributed by atoms with Crippen LogP contribution in [0.2, 0.25) is 0 Å². The van der Waals surface area contributed by atoms with Crippen LogP contribution in [0.3, 0.4) is 0 Å². The van der Waals surface area contributed by atoms with Crippen molar-refractivity contribution in [1.82, 2.24) is 20.4 Å². The topological polar surface area (TPSA) is 54.2 Å². The van der Waals surface area contributed by atoms with Crippen LogP contribution < -0.4 is 5.32 Å². The highest BCUT2D eigenvalue weighted by Gasteiger charge is 2.20. The van der Waals surface area contributed by atoms with E-state index in [4.69, 9.17) is 4.52 Å². The maximum absolute atomic E-state index is 5.34. The van der Waals surface area contributed by atoms with Gasteiger partial charge in [0.05, 0.1) is 13.0 Å². The van der Waals surface area contributed by atoms with Gasteiger partial charge in [0, 0.05) is 25.7 Å². The van der Waals surface area contributed by atoms with Crippen molar-refractivity contribution in [3.63, 3.8) is 0 Å². The minimum absolute atomic E-state index is 0.514. The predicted molar refractivity (Wildman–Crippen MR) is 76.3 cm³/mol. The maximum Gasteiger partial charge on any atom is 0.231 e. The molecule has 1 aliphatic rings. The van der Waals surface area contributed by atoms with Crippen LogP contribution in [-0.4, -0.2) is 40.7 Å². The number of nitrogens with one attached hydrogen (secondary N) is 1. The Labute approximate surface area is 119 Å². The van der Waals surface area contributed by atoms with Crippen molar-refractivity contribution in [2.75, 3.05) is 19.6 Å². The maximum atomic E-state index is 5.34. The summed E-state index contributed by atoms with van der Waals surface area (Å²) in [6, 6.07) is 10.7. The first kappa shape index (κ1) is 13.3. The molecule has 0 amide bonds. The zero-order valence-electron chi connectivity index (χ0n) is 11.7. The Morgan fingerprint density at radius 1 is 1.35 bits per heavy atom. The van der Waals surface area contributed by atoms with E-state index in [1.54, 1.807) is 0 Å². The van der Waals surface area contributed by atoms with E-state index in [1.165, 1.54) is 5.56 Å². The Balaban J connectivity index is 1.62. The number of hydrogen-bond donors (Lipinski definition) is 1. The monoisotopic (exact) mass is 272 g/mol. The van der Waals surface area contributed by atoms with Crippen LogP contribution in [0, 0.1) is 0 Å². The second kappa shape index (κ2) is 6.15. The highest BCUT2D eigenvalue weighted by molar-refractivity contribution is 5.17. The first-order valence-electron chi connectivity index (χ1n) is 7.11. The van der Waals surface area contributed by atoms with E-state index < -0.39 is 0 Å². The van der Waals surface area contributed by atoms with Gasteiger partial charge < -0.3 is 9.84 Å². The standard InChI is InChI=1S/C15H20N4O/c1-12-10-16-7-8-19(12)11-14-17-15(20-18-14)9-13-5-3-2-4-6-13/h2-6,12,16H,7-11H2,1H3/t12-/m0/s1. The molecule has 2 aromatic rings. The quantitative estimate of drug-likeness (QED) is 0.913. The molecule has 0 radical (unpaired) electrons. The second-order valence-corrected chi connectivity index (χ2v) is 5.29. The highest BCUT2D eigenvalue weighted by atomic mass is 16.5. The molecule has 1 saturated heterocycles. The summed E-state index contributed by atoms with van der Waals surface area (Å²) in [5, 5.41) is 7.47. The van der Waals surface area contributed by atoms with Crippen LogP contribution in [-0.2, 0) is 13.0 Å². The number of piperazine rings is 1. The molecule has 2 heterocycles. The van der Waals surface area contributed by atoms with Gasteiger partial charge in [-0.15, -0.1) is 0 Å². The molecular formula is C15H20N4O. The average molecular weight is 272 g/mol. The molecule has 0 aliphatic carbocycles. The lowest BCUT2D eigenvalue weighted by Gasteiger charge is -2.32. The molecule has 0 bridgehead atoms. The molecule has 106 valence electrons. The van der Waals surface area contributed by atoms with E-state index in [0.29, 0.717) is 18.4 Å². The molecule has 20 heavy (non-hydrogen) atoms. The molecule has 1 N–H and O–H groups in total. The Morgan fingerprint density at radius 3 is 3.00 bits per heavy atom. The van der Waals surface area contributed by atoms with Gasteiger partial charge in [-0.3, -0.25) is 4.90 Å². The minimum Gasteiger partial charge on any atom is -0.339 e. The molecule has 1 aromatic heterocycles. The zero-order chi connectivity index (χ0) is 13.8. The molecule has 1 aliphatic heterocycles. The fourth-order valence-corrected chi connectivity index (χ4v) is 2.50. The molecular weight excluding hydrogens is 252 g/mol. The van der Waals surface area contributed by atoms with Crippen LogP contribution in [0.5, 0.6) is 0 Å². The number of aromatic nitrogens is 2. The summed E-state index contributed by atoms with van der Waals surface area (Å²) >= 11 is 0. The van der Waals surface area contributed by atoms with E-state index in [2.05, 4.69) is 39.4 Å². The van der Waals surface area contributed by atoms with Gasteiger partial charge in [0.1, 0.15) is 0 Å². The molecule has 0 unspecified atom stereocenters. The number of hydrogen-bond acceptors (Lipinski definition) is 5. The summed E-state index contributed by atoms with van der Waals surface area (Å²) in [5.74, 6) is 1.47. The Hall–Kier alpha value is -1.72. The highest BCUT2D eigenvalue weighted by Crippen LogP contribution is 2.10. The molecule has 5 heteroatoms. The van der Waals surface area contributed by atoms with Crippen molar-refractivity contribution in [1.29, 1.82) is 0 Å². The van der Waals surface area contributed by atoms with Gasteiger partial charge in [0.15, 0.2) is 5.82 Å². The Kier molecular flexibility index (Phi) is 4.08. The first-order chi connectivity index (χ1) is 9.81. The molecule has 1 aromatic carbocycles. The smallest absolute Gasteiger partial charge is 0.231 e. The number of nitrogens with zero attached hydrogens (tertiary/aromatic N) is 3. The summed E-state index contributed by atoms with van der Waals surface area (Å²) in [7, 11) is 0. The average Bonchev–Trinajstić information content (AvgIpc) is 2.90. The summed E-state index contributed by atoms with van der Waals surface area (Å²) in [6.45, 7) is 6.07. The van der Waals surface area contributed by atoms with E-state index in [9.17, 15) is 0 Å². The van der Waals surface area contributed by atoms with Gasteiger partial charge >= 0.3 is 0 Å². The molecule has 1 fully saturated rings. The van der Waals surface area contributed by atoms with Gasteiger partial charge in [0.2, 0.25) is 5.89 Å². The predicted octanol–water partition coefficient (Wildman–Crippen LogP) is 1.45. The van der Waals surface area contributed by atoms with Crippen molar-refractivity contribution >= 4 is 0 Å². The zero-order valence-corrected chi connectivity index (χ0v) is 11.7. The van der Waals surface area contributed by atoms with Gasteiger partial charge in [-0.25, -0.2) is 0 Å². The molecule has 0 spiro atoms. The lowest BCUT2D eigenvalue weighted by atomic mass is 10.1. The summed E-state index contributed by atoms with van der Waals surface area (Å²) in [4.78, 5) is 6.88. The summed E-state index contributed by atoms with van der Waals surface area (Å²) in [5.41, 5.74) is 1.19. The van der Waals surface area contributed by atoms with E-state index >= 15 is 0 Å². The van der Waals surface area contributed by atoms with Crippen LogP contribution in [0.1, 0.15) is 24.2 Å². The fourth-order valence-electron chi connectivity index (χ4n) is 2.50. The van der Waals surface area contributed by atoms with E-state index in [-0.39, 0.29) is 0 Å².